The molecular formula is C36H50N2O10. The van der Waals surface area contributed by atoms with Crippen molar-refractivity contribution in [2.75, 3.05) is 11.1 Å². The summed E-state index contributed by atoms with van der Waals surface area (Å²) in [6.45, 7) is 16.0. The molecule has 10 N–H and O–H groups in total. The van der Waals surface area contributed by atoms with Gasteiger partial charge >= 0.3 is 17.9 Å². The van der Waals surface area contributed by atoms with Crippen LogP contribution in [0, 0.1) is 0 Å². The molecule has 0 aliphatic rings. The van der Waals surface area contributed by atoms with Gasteiger partial charge in [-0.1, -0.05) is 104 Å². The number of hydrogen-bond acceptors (Lipinski definition) is 7. The lowest BCUT2D eigenvalue weighted by molar-refractivity contribution is 0.0651. The smallest absolute Gasteiger partial charge is 0.336 e. The van der Waals surface area contributed by atoms with Crippen molar-refractivity contribution in [1.29, 1.82) is 0 Å². The van der Waals surface area contributed by atoms with E-state index >= 15 is 0 Å². The van der Waals surface area contributed by atoms with Gasteiger partial charge in [0.2, 0.25) is 0 Å². The minimum Gasteiger partial charge on any atom is -0.506 e. The van der Waals surface area contributed by atoms with E-state index in [1.807, 2.05) is 55.4 Å². The zero-order chi connectivity index (χ0) is 36.9. The summed E-state index contributed by atoms with van der Waals surface area (Å²) in [6.07, 6.45) is 0. The Morgan fingerprint density at radius 1 is 0.479 bits per heavy atom. The average Bonchev–Trinajstić information content (AvgIpc) is 3.11. The molecule has 4 aromatic rings. The Kier molecular flexibility index (Phi) is 30.4. The van der Waals surface area contributed by atoms with Gasteiger partial charge in [0.25, 0.3) is 5.91 Å². The lowest BCUT2D eigenvalue weighted by atomic mass is 10.1. The summed E-state index contributed by atoms with van der Waals surface area (Å²) in [7, 11) is 0. The predicted molar refractivity (Wildman–Crippen MR) is 191 cm³/mol. The third-order valence-electron chi connectivity index (χ3n) is 4.88. The second-order valence-corrected chi connectivity index (χ2v) is 7.54. The van der Waals surface area contributed by atoms with Gasteiger partial charge in [-0.3, -0.25) is 4.79 Å². The second kappa shape index (κ2) is 29.8. The van der Waals surface area contributed by atoms with E-state index in [9.17, 15) is 24.3 Å². The van der Waals surface area contributed by atoms with Crippen LogP contribution in [0.4, 0.5) is 11.4 Å². The molecule has 0 saturated heterocycles. The molecule has 0 atom stereocenters. The van der Waals surface area contributed by atoms with Crippen molar-refractivity contribution in [1.82, 2.24) is 0 Å². The Labute approximate surface area is 282 Å². The third kappa shape index (κ3) is 18.2. The molecule has 0 aliphatic heterocycles. The molecule has 264 valence electrons. The minimum atomic E-state index is -1.23. The van der Waals surface area contributed by atoms with E-state index in [1.54, 1.807) is 48.5 Å². The number of carboxylic acid groups (broad SMARTS) is 3. The molecule has 0 unspecified atom stereocenters. The third-order valence-corrected chi connectivity index (χ3v) is 4.88. The van der Waals surface area contributed by atoms with Crippen LogP contribution in [0.5, 0.6) is 11.5 Å². The molecule has 0 saturated carbocycles. The standard InChI is InChI=1S/C14H11NO4.C8H6O4.C6H7NO.4C2H6.H2O/c16-12-8-4-3-7-11(12)15-13(17)9-5-1-2-6-10(9)14(18)19;9-7(10)5-3-1-2-4-6(5)8(11)12;7-5-3-1-2-4-6(5)8;4*1-2;/h1-8,16H,(H,15,17)(H,18,19);1-4H,(H,9,10)(H,11,12);1-4,8H,7H2;4*1-2H3;1H2. The number of benzene rings is 4. The molecule has 4 rings (SSSR count). The number of hydrogen-bond donors (Lipinski definition) is 7. The van der Waals surface area contributed by atoms with E-state index < -0.39 is 23.8 Å². The average molecular weight is 671 g/mol. The number of carbonyl (C=O) groups is 4. The summed E-state index contributed by atoms with van der Waals surface area (Å²) in [4.78, 5) is 43.9. The number of rotatable bonds is 5. The molecular weight excluding hydrogens is 620 g/mol. The number of para-hydroxylation sites is 4. The number of carbonyl (C=O) groups excluding carboxylic acids is 1. The molecule has 0 fully saturated rings. The molecule has 0 heterocycles. The fourth-order valence-electron chi connectivity index (χ4n) is 2.98. The predicted octanol–water partition coefficient (Wildman–Crippen LogP) is 7.68. The number of nitrogens with one attached hydrogen (secondary N) is 1. The number of aromatic carboxylic acids is 3. The van der Waals surface area contributed by atoms with Crippen molar-refractivity contribution in [3.63, 3.8) is 0 Å². The fraction of sp³-hybridized carbons (Fsp3) is 0.222. The Bertz CT molecular complexity index is 1440. The van der Waals surface area contributed by atoms with Gasteiger partial charge in [0, 0.05) is 0 Å². The number of nitrogens with two attached hydrogens (primary N) is 1. The number of nitrogen functional groups attached to an aromatic ring is 1. The Morgan fingerprint density at radius 3 is 1.08 bits per heavy atom. The summed E-state index contributed by atoms with van der Waals surface area (Å²) in [5.41, 5.74) is 5.50. The van der Waals surface area contributed by atoms with Gasteiger partial charge in [0.1, 0.15) is 11.5 Å². The van der Waals surface area contributed by atoms with Gasteiger partial charge < -0.3 is 42.1 Å². The zero-order valence-electron chi connectivity index (χ0n) is 28.7. The van der Waals surface area contributed by atoms with Crippen LogP contribution in [0.1, 0.15) is 96.8 Å². The highest BCUT2D eigenvalue weighted by molar-refractivity contribution is 6.11. The van der Waals surface area contributed by atoms with E-state index in [0.717, 1.165) is 0 Å². The largest absolute Gasteiger partial charge is 0.506 e. The molecule has 12 heteroatoms. The Balaban J connectivity index is -0.000000288. The van der Waals surface area contributed by atoms with Crippen LogP contribution >= 0.6 is 0 Å². The molecule has 12 nitrogen and oxygen atoms in total. The van der Waals surface area contributed by atoms with Crippen LogP contribution in [0.3, 0.4) is 0 Å². The quantitative estimate of drug-likeness (QED) is 0.0806. The number of phenolic OH excluding ortho intramolecular Hbond substituents is 2. The van der Waals surface area contributed by atoms with E-state index in [1.165, 1.54) is 48.5 Å². The summed E-state index contributed by atoms with van der Waals surface area (Å²) >= 11 is 0. The summed E-state index contributed by atoms with van der Waals surface area (Å²) < 4.78 is 0. The van der Waals surface area contributed by atoms with Crippen LogP contribution in [-0.4, -0.2) is 54.8 Å². The highest BCUT2D eigenvalue weighted by Gasteiger charge is 2.16. The zero-order valence-corrected chi connectivity index (χ0v) is 28.7. The SMILES string of the molecule is CC.CC.CC.CC.Nc1ccccc1O.O.O=C(O)c1ccccc1C(=O)Nc1ccccc1O.O=C(O)c1ccccc1C(=O)O. The molecule has 48 heavy (non-hydrogen) atoms. The van der Waals surface area contributed by atoms with Crippen molar-refractivity contribution < 1.29 is 50.2 Å². The van der Waals surface area contributed by atoms with Gasteiger partial charge in [0.05, 0.1) is 33.6 Å². The molecule has 0 bridgehead atoms. The van der Waals surface area contributed by atoms with Crippen molar-refractivity contribution in [2.24, 2.45) is 0 Å². The number of aromatic hydroxyl groups is 2. The maximum atomic E-state index is 12.0. The first-order valence-electron chi connectivity index (χ1n) is 15.0. The van der Waals surface area contributed by atoms with Crippen LogP contribution in [0.15, 0.2) is 97.1 Å². The summed E-state index contributed by atoms with van der Waals surface area (Å²) in [6, 6.07) is 24.3. The van der Waals surface area contributed by atoms with Crippen LogP contribution < -0.4 is 11.1 Å². The van der Waals surface area contributed by atoms with Gasteiger partial charge in [-0.2, -0.15) is 0 Å². The highest BCUT2D eigenvalue weighted by atomic mass is 16.4. The maximum absolute atomic E-state index is 12.0. The monoisotopic (exact) mass is 670 g/mol. The van der Waals surface area contributed by atoms with Gasteiger partial charge in [0.15, 0.2) is 0 Å². The highest BCUT2D eigenvalue weighted by Crippen LogP contribution is 2.23. The number of amides is 1. The van der Waals surface area contributed by atoms with Crippen molar-refractivity contribution in [3.8, 4) is 11.5 Å². The molecule has 4 aromatic carbocycles. The van der Waals surface area contributed by atoms with E-state index in [0.29, 0.717) is 5.69 Å². The summed E-state index contributed by atoms with van der Waals surface area (Å²) in [5, 5.41) is 46.9. The first kappa shape index (κ1) is 49.0. The van der Waals surface area contributed by atoms with Crippen LogP contribution in [0.25, 0.3) is 0 Å². The van der Waals surface area contributed by atoms with E-state index in [4.69, 9.17) is 26.2 Å². The van der Waals surface area contributed by atoms with Gasteiger partial charge in [-0.15, -0.1) is 0 Å². The normalized spacial score (nSPS) is 8.25. The van der Waals surface area contributed by atoms with Crippen LogP contribution in [0.2, 0.25) is 0 Å². The van der Waals surface area contributed by atoms with Crippen molar-refractivity contribution >= 4 is 35.2 Å². The Hall–Kier alpha value is -5.88. The molecule has 0 radical (unpaired) electrons. The van der Waals surface area contributed by atoms with E-state index in [2.05, 4.69) is 5.32 Å². The maximum Gasteiger partial charge on any atom is 0.336 e. The van der Waals surface area contributed by atoms with E-state index in [-0.39, 0.29) is 44.9 Å². The minimum absolute atomic E-state index is 0. The lowest BCUT2D eigenvalue weighted by Gasteiger charge is -2.08. The Morgan fingerprint density at radius 2 is 0.771 bits per heavy atom. The molecule has 0 aromatic heterocycles. The topological polar surface area (TPSA) is 239 Å². The summed E-state index contributed by atoms with van der Waals surface area (Å²) in [5.74, 6) is -4.15. The molecule has 1 amide bonds. The van der Waals surface area contributed by atoms with Gasteiger partial charge in [-0.05, 0) is 48.5 Å². The number of carboxylic acids is 3. The van der Waals surface area contributed by atoms with Crippen LogP contribution in [-0.2, 0) is 0 Å². The second-order valence-electron chi connectivity index (χ2n) is 7.54. The number of anilines is 2. The number of phenols is 2. The lowest BCUT2D eigenvalue weighted by Crippen LogP contribution is -2.16. The first-order valence-corrected chi connectivity index (χ1v) is 15.0. The fourth-order valence-corrected chi connectivity index (χ4v) is 2.98. The van der Waals surface area contributed by atoms with Gasteiger partial charge in [-0.25, -0.2) is 14.4 Å². The van der Waals surface area contributed by atoms with Crippen molar-refractivity contribution in [3.05, 3.63) is 119 Å². The first-order chi connectivity index (χ1) is 22.5. The van der Waals surface area contributed by atoms with Crippen molar-refractivity contribution in [2.45, 2.75) is 55.4 Å². The molecule has 0 aliphatic carbocycles. The molecule has 0 spiro atoms.